The van der Waals surface area contributed by atoms with Gasteiger partial charge in [0.2, 0.25) is 5.91 Å². The van der Waals surface area contributed by atoms with Crippen LogP contribution in [0.2, 0.25) is 0 Å². The van der Waals surface area contributed by atoms with Crippen LogP contribution in [0.25, 0.3) is 0 Å². The summed E-state index contributed by atoms with van der Waals surface area (Å²) >= 11 is 0. The molecule has 1 saturated heterocycles. The van der Waals surface area contributed by atoms with Crippen molar-refractivity contribution in [3.63, 3.8) is 0 Å². The van der Waals surface area contributed by atoms with Gasteiger partial charge in [-0.2, -0.15) is 0 Å². The van der Waals surface area contributed by atoms with Crippen molar-refractivity contribution < 1.29 is 14.5 Å². The van der Waals surface area contributed by atoms with Gasteiger partial charge in [-0.3, -0.25) is 14.9 Å². The molecule has 22 heavy (non-hydrogen) atoms. The molecule has 2 rings (SSSR count). The van der Waals surface area contributed by atoms with Crippen molar-refractivity contribution in [1.29, 1.82) is 0 Å². The molecule has 0 saturated carbocycles. The highest BCUT2D eigenvalue weighted by Crippen LogP contribution is 2.25. The number of hydrogen-bond donors (Lipinski definition) is 2. The SMILES string of the molecule is Cl.O=C(CCOc1ccccc1[N+](=O)[O-])NC1CCCNC1. The molecule has 1 fully saturated rings. The number of nitro groups is 1. The smallest absolute Gasteiger partial charge is 0.310 e. The normalized spacial score (nSPS) is 17.2. The van der Waals surface area contributed by atoms with Crippen LogP contribution in [0.4, 0.5) is 5.69 Å². The van der Waals surface area contributed by atoms with Crippen LogP contribution >= 0.6 is 12.4 Å². The molecule has 1 unspecified atom stereocenters. The van der Waals surface area contributed by atoms with Crippen LogP contribution in [0.5, 0.6) is 5.75 Å². The van der Waals surface area contributed by atoms with E-state index in [1.165, 1.54) is 12.1 Å². The third kappa shape index (κ3) is 5.50. The number of nitro benzene ring substituents is 1. The highest BCUT2D eigenvalue weighted by atomic mass is 35.5. The maximum Gasteiger partial charge on any atom is 0.310 e. The number of benzene rings is 1. The Hall–Kier alpha value is -1.86. The molecule has 0 radical (unpaired) electrons. The van der Waals surface area contributed by atoms with Crippen molar-refractivity contribution >= 4 is 24.0 Å². The van der Waals surface area contributed by atoms with E-state index in [4.69, 9.17) is 4.74 Å². The average Bonchev–Trinajstić information content (AvgIpc) is 2.48. The lowest BCUT2D eigenvalue weighted by molar-refractivity contribution is -0.385. The summed E-state index contributed by atoms with van der Waals surface area (Å²) in [6.07, 6.45) is 2.21. The summed E-state index contributed by atoms with van der Waals surface area (Å²) in [6, 6.07) is 6.31. The van der Waals surface area contributed by atoms with Gasteiger partial charge in [0.1, 0.15) is 0 Å². The van der Waals surface area contributed by atoms with Crippen LogP contribution in [0, 0.1) is 10.1 Å². The third-order valence-corrected chi connectivity index (χ3v) is 3.31. The number of rotatable bonds is 6. The number of para-hydroxylation sites is 2. The molecule has 7 nitrogen and oxygen atoms in total. The van der Waals surface area contributed by atoms with Crippen LogP contribution in [-0.4, -0.2) is 36.6 Å². The minimum atomic E-state index is -0.497. The molecule has 0 aliphatic carbocycles. The van der Waals surface area contributed by atoms with Gasteiger partial charge < -0.3 is 15.4 Å². The monoisotopic (exact) mass is 329 g/mol. The Morgan fingerprint density at radius 1 is 1.45 bits per heavy atom. The van der Waals surface area contributed by atoms with Gasteiger partial charge in [-0.25, -0.2) is 0 Å². The Morgan fingerprint density at radius 3 is 2.91 bits per heavy atom. The minimum absolute atomic E-state index is 0. The fourth-order valence-corrected chi connectivity index (χ4v) is 2.26. The summed E-state index contributed by atoms with van der Waals surface area (Å²) in [6.45, 7) is 1.90. The molecule has 1 heterocycles. The standard InChI is InChI=1S/C14H19N3O4.ClH/c18-14(16-11-4-3-8-15-10-11)7-9-21-13-6-2-1-5-12(13)17(19)20;/h1-2,5-6,11,15H,3-4,7-10H2,(H,16,18);1H. The lowest BCUT2D eigenvalue weighted by Crippen LogP contribution is -2.45. The molecule has 0 spiro atoms. The number of piperidine rings is 1. The van der Waals surface area contributed by atoms with E-state index >= 15 is 0 Å². The second-order valence-corrected chi connectivity index (χ2v) is 4.93. The molecule has 1 aromatic rings. The molecule has 122 valence electrons. The van der Waals surface area contributed by atoms with Crippen LogP contribution in [-0.2, 0) is 4.79 Å². The largest absolute Gasteiger partial charge is 0.486 e. The molecule has 8 heteroatoms. The van der Waals surface area contributed by atoms with Gasteiger partial charge in [-0.05, 0) is 25.5 Å². The molecule has 2 N–H and O–H groups in total. The van der Waals surface area contributed by atoms with Gasteiger partial charge in [0.25, 0.3) is 0 Å². The van der Waals surface area contributed by atoms with E-state index in [1.807, 2.05) is 0 Å². The van der Waals surface area contributed by atoms with E-state index in [0.717, 1.165) is 25.9 Å². The van der Waals surface area contributed by atoms with E-state index in [0.29, 0.717) is 0 Å². The molecular weight excluding hydrogens is 310 g/mol. The Bertz CT molecular complexity index is 507. The first-order chi connectivity index (χ1) is 10.2. The number of hydrogen-bond acceptors (Lipinski definition) is 5. The number of nitrogens with zero attached hydrogens (tertiary/aromatic N) is 1. The third-order valence-electron chi connectivity index (χ3n) is 3.31. The van der Waals surface area contributed by atoms with E-state index < -0.39 is 4.92 Å². The number of halogens is 1. The zero-order chi connectivity index (χ0) is 15.1. The molecule has 1 aromatic carbocycles. The summed E-state index contributed by atoms with van der Waals surface area (Å²) in [5.74, 6) is 0.0944. The zero-order valence-electron chi connectivity index (χ0n) is 12.1. The van der Waals surface area contributed by atoms with E-state index in [9.17, 15) is 14.9 Å². The Labute approximate surface area is 135 Å². The van der Waals surface area contributed by atoms with Crippen molar-refractivity contribution in [2.45, 2.75) is 25.3 Å². The number of ether oxygens (including phenoxy) is 1. The van der Waals surface area contributed by atoms with Gasteiger partial charge in [-0.15, -0.1) is 12.4 Å². The zero-order valence-corrected chi connectivity index (χ0v) is 12.9. The Morgan fingerprint density at radius 2 is 2.23 bits per heavy atom. The lowest BCUT2D eigenvalue weighted by atomic mass is 10.1. The first-order valence-corrected chi connectivity index (χ1v) is 7.03. The van der Waals surface area contributed by atoms with Crippen LogP contribution in [0.15, 0.2) is 24.3 Å². The van der Waals surface area contributed by atoms with E-state index in [1.54, 1.807) is 12.1 Å². The van der Waals surface area contributed by atoms with Crippen molar-refractivity contribution in [2.24, 2.45) is 0 Å². The van der Waals surface area contributed by atoms with Crippen LogP contribution in [0.3, 0.4) is 0 Å². The highest BCUT2D eigenvalue weighted by molar-refractivity contribution is 5.85. The summed E-state index contributed by atoms with van der Waals surface area (Å²) in [4.78, 5) is 22.1. The number of carbonyl (C=O) groups is 1. The number of nitrogens with one attached hydrogen (secondary N) is 2. The molecule has 1 aliphatic heterocycles. The van der Waals surface area contributed by atoms with Crippen LogP contribution < -0.4 is 15.4 Å². The summed E-state index contributed by atoms with van der Waals surface area (Å²) in [5.41, 5.74) is -0.0885. The highest BCUT2D eigenvalue weighted by Gasteiger charge is 2.16. The molecule has 1 amide bonds. The second-order valence-electron chi connectivity index (χ2n) is 4.93. The lowest BCUT2D eigenvalue weighted by Gasteiger charge is -2.23. The van der Waals surface area contributed by atoms with Gasteiger partial charge in [0, 0.05) is 18.7 Å². The van der Waals surface area contributed by atoms with Crippen molar-refractivity contribution in [3.8, 4) is 5.75 Å². The topological polar surface area (TPSA) is 93.5 Å². The first kappa shape index (κ1) is 18.2. The van der Waals surface area contributed by atoms with E-state index in [2.05, 4.69) is 10.6 Å². The van der Waals surface area contributed by atoms with Gasteiger partial charge >= 0.3 is 5.69 Å². The Balaban J connectivity index is 0.00000242. The van der Waals surface area contributed by atoms with Crippen molar-refractivity contribution in [3.05, 3.63) is 34.4 Å². The predicted octanol–water partition coefficient (Wildman–Crippen LogP) is 1.65. The molecule has 0 bridgehead atoms. The Kier molecular flexibility index (Phi) is 7.62. The van der Waals surface area contributed by atoms with Gasteiger partial charge in [-0.1, -0.05) is 12.1 Å². The quantitative estimate of drug-likeness (QED) is 0.611. The maximum atomic E-state index is 11.8. The second kappa shape index (κ2) is 9.22. The average molecular weight is 330 g/mol. The van der Waals surface area contributed by atoms with Gasteiger partial charge in [0.15, 0.2) is 5.75 Å². The summed E-state index contributed by atoms with van der Waals surface area (Å²) in [5, 5.41) is 17.0. The molecular formula is C14H20ClN3O4. The summed E-state index contributed by atoms with van der Waals surface area (Å²) in [7, 11) is 0. The fraction of sp³-hybridized carbons (Fsp3) is 0.500. The van der Waals surface area contributed by atoms with Crippen molar-refractivity contribution in [2.75, 3.05) is 19.7 Å². The number of amides is 1. The van der Waals surface area contributed by atoms with Crippen LogP contribution in [0.1, 0.15) is 19.3 Å². The summed E-state index contributed by atoms with van der Waals surface area (Å²) < 4.78 is 5.34. The maximum absolute atomic E-state index is 11.8. The fourth-order valence-electron chi connectivity index (χ4n) is 2.26. The predicted molar refractivity (Wildman–Crippen MR) is 84.5 cm³/mol. The minimum Gasteiger partial charge on any atom is -0.486 e. The molecule has 1 atom stereocenters. The molecule has 1 aliphatic rings. The van der Waals surface area contributed by atoms with Crippen molar-refractivity contribution in [1.82, 2.24) is 10.6 Å². The van der Waals surface area contributed by atoms with Gasteiger partial charge in [0.05, 0.1) is 18.0 Å². The van der Waals surface area contributed by atoms with E-state index in [-0.39, 0.29) is 48.8 Å². The molecule has 0 aromatic heterocycles. The first-order valence-electron chi connectivity index (χ1n) is 7.03. The number of carbonyl (C=O) groups excluding carboxylic acids is 1.